The SMILES string of the molecule is CCCc1c(OCCCCCn2c(O)cn(-c3cc(F)cc(F)c3)c2=O)ccc2c(C(F)(F)F)cc(=O)oc12. The van der Waals surface area contributed by atoms with E-state index in [9.17, 15) is 36.6 Å². The molecule has 0 saturated heterocycles. The predicted octanol–water partition coefficient (Wildman–Crippen LogP) is 5.95. The summed E-state index contributed by atoms with van der Waals surface area (Å²) in [6, 6.07) is 5.71. The van der Waals surface area contributed by atoms with Crippen LogP contribution in [0.1, 0.15) is 43.7 Å². The molecular formula is C27H25F5N2O5. The van der Waals surface area contributed by atoms with Crippen molar-refractivity contribution in [1.82, 2.24) is 9.13 Å². The summed E-state index contributed by atoms with van der Waals surface area (Å²) in [6.07, 6.45) is -1.18. The van der Waals surface area contributed by atoms with Crippen molar-refractivity contribution in [3.05, 3.63) is 86.3 Å². The van der Waals surface area contributed by atoms with Crippen LogP contribution < -0.4 is 16.1 Å². The molecule has 0 aliphatic carbocycles. The molecule has 1 N–H and O–H groups in total. The van der Waals surface area contributed by atoms with Crippen molar-refractivity contribution >= 4 is 11.0 Å². The maximum Gasteiger partial charge on any atom is 0.417 e. The van der Waals surface area contributed by atoms with Crippen LogP contribution >= 0.6 is 0 Å². The first-order valence-electron chi connectivity index (χ1n) is 12.3. The van der Waals surface area contributed by atoms with Crippen molar-refractivity contribution in [2.45, 2.75) is 51.7 Å². The van der Waals surface area contributed by atoms with Crippen LogP contribution in [0, 0.1) is 11.6 Å². The Bertz CT molecular complexity index is 1580. The highest BCUT2D eigenvalue weighted by atomic mass is 19.4. The van der Waals surface area contributed by atoms with Crippen LogP contribution in [0.15, 0.2) is 56.6 Å². The zero-order valence-electron chi connectivity index (χ0n) is 20.9. The van der Waals surface area contributed by atoms with Crippen LogP contribution in [0.5, 0.6) is 11.6 Å². The molecule has 0 spiro atoms. The molecule has 39 heavy (non-hydrogen) atoms. The van der Waals surface area contributed by atoms with Crippen molar-refractivity contribution in [2.24, 2.45) is 0 Å². The van der Waals surface area contributed by atoms with Gasteiger partial charge in [-0.3, -0.25) is 9.13 Å². The van der Waals surface area contributed by atoms with Gasteiger partial charge in [-0.1, -0.05) is 13.3 Å². The van der Waals surface area contributed by atoms with E-state index in [1.165, 1.54) is 12.1 Å². The van der Waals surface area contributed by atoms with Gasteiger partial charge in [-0.15, -0.1) is 0 Å². The Morgan fingerprint density at radius 3 is 2.38 bits per heavy atom. The predicted molar refractivity (Wildman–Crippen MR) is 132 cm³/mol. The van der Waals surface area contributed by atoms with Crippen molar-refractivity contribution in [3.8, 4) is 17.3 Å². The van der Waals surface area contributed by atoms with Crippen molar-refractivity contribution < 1.29 is 36.2 Å². The number of ether oxygens (including phenoxy) is 1. The molecule has 2 aromatic heterocycles. The number of benzene rings is 2. The second-order valence-electron chi connectivity index (χ2n) is 8.97. The lowest BCUT2D eigenvalue weighted by atomic mass is 10.0. The van der Waals surface area contributed by atoms with Crippen LogP contribution in [-0.4, -0.2) is 20.8 Å². The van der Waals surface area contributed by atoms with Crippen molar-refractivity contribution in [3.63, 3.8) is 0 Å². The molecule has 0 radical (unpaired) electrons. The van der Waals surface area contributed by atoms with Gasteiger partial charge in [0.15, 0.2) is 0 Å². The first-order chi connectivity index (χ1) is 18.5. The third-order valence-corrected chi connectivity index (χ3v) is 6.15. The lowest BCUT2D eigenvalue weighted by Crippen LogP contribution is -2.23. The number of aromatic nitrogens is 2. The van der Waals surface area contributed by atoms with Crippen molar-refractivity contribution in [2.75, 3.05) is 6.61 Å². The molecular weight excluding hydrogens is 527 g/mol. The van der Waals surface area contributed by atoms with Gasteiger partial charge >= 0.3 is 17.5 Å². The van der Waals surface area contributed by atoms with E-state index in [1.54, 1.807) is 0 Å². The van der Waals surface area contributed by atoms with E-state index in [2.05, 4.69) is 0 Å². The Hall–Kier alpha value is -4.09. The van der Waals surface area contributed by atoms with E-state index in [4.69, 9.17) is 9.15 Å². The summed E-state index contributed by atoms with van der Waals surface area (Å²) in [7, 11) is 0. The van der Waals surface area contributed by atoms with Gasteiger partial charge in [0.1, 0.15) is 23.0 Å². The summed E-state index contributed by atoms with van der Waals surface area (Å²) in [4.78, 5) is 24.5. The first kappa shape index (κ1) is 27.9. The highest BCUT2D eigenvalue weighted by Gasteiger charge is 2.34. The molecule has 4 rings (SSSR count). The van der Waals surface area contributed by atoms with E-state index >= 15 is 0 Å². The van der Waals surface area contributed by atoms with E-state index in [0.29, 0.717) is 55.5 Å². The van der Waals surface area contributed by atoms with E-state index < -0.39 is 34.7 Å². The molecule has 2 heterocycles. The number of alkyl halides is 3. The maximum atomic E-state index is 13.5. The quantitative estimate of drug-likeness (QED) is 0.149. The number of hydrogen-bond acceptors (Lipinski definition) is 5. The zero-order valence-corrected chi connectivity index (χ0v) is 20.9. The summed E-state index contributed by atoms with van der Waals surface area (Å²) in [5.41, 5.74) is -2.64. The van der Waals surface area contributed by atoms with Gasteiger partial charge in [-0.2, -0.15) is 13.2 Å². The molecule has 12 heteroatoms. The van der Waals surface area contributed by atoms with Gasteiger partial charge in [0.2, 0.25) is 5.88 Å². The second-order valence-corrected chi connectivity index (χ2v) is 8.97. The molecule has 0 saturated carbocycles. The number of aryl methyl sites for hydroxylation is 1. The van der Waals surface area contributed by atoms with Gasteiger partial charge in [-0.25, -0.2) is 18.4 Å². The minimum absolute atomic E-state index is 0.0589. The fourth-order valence-corrected chi connectivity index (χ4v) is 4.39. The molecule has 0 fully saturated rings. The normalized spacial score (nSPS) is 11.8. The van der Waals surface area contributed by atoms with Crippen LogP contribution in [0.4, 0.5) is 22.0 Å². The summed E-state index contributed by atoms with van der Waals surface area (Å²) < 4.78 is 80.4. The lowest BCUT2D eigenvalue weighted by molar-refractivity contribution is -0.136. The standard InChI is InChI=1S/C27H25F5N2O5/c1-2-6-20-22(8-7-19-21(27(30,31)32)14-24(36)39-25(19)20)38-10-5-3-4-9-33-23(35)15-34(26(33)37)18-12-16(28)11-17(29)13-18/h7-8,11-15,35H,2-6,9-10H2,1H3. The number of imidazole rings is 1. The Morgan fingerprint density at radius 2 is 1.72 bits per heavy atom. The van der Waals surface area contributed by atoms with Crippen LogP contribution in [0.3, 0.4) is 0 Å². The minimum atomic E-state index is -4.72. The topological polar surface area (TPSA) is 86.6 Å². The smallest absolute Gasteiger partial charge is 0.417 e. The zero-order chi connectivity index (χ0) is 28.3. The highest BCUT2D eigenvalue weighted by molar-refractivity contribution is 5.85. The minimum Gasteiger partial charge on any atom is -0.493 e. The van der Waals surface area contributed by atoms with E-state index in [-0.39, 0.29) is 35.7 Å². The third kappa shape index (κ3) is 6.15. The lowest BCUT2D eigenvalue weighted by Gasteiger charge is -2.15. The Kier molecular flexibility index (Phi) is 8.12. The molecule has 0 aliphatic rings. The largest absolute Gasteiger partial charge is 0.493 e. The second kappa shape index (κ2) is 11.3. The number of rotatable bonds is 10. The van der Waals surface area contributed by atoms with Gasteiger partial charge in [0.05, 0.1) is 24.1 Å². The first-order valence-corrected chi connectivity index (χ1v) is 12.3. The maximum absolute atomic E-state index is 13.5. The summed E-state index contributed by atoms with van der Waals surface area (Å²) >= 11 is 0. The van der Waals surface area contributed by atoms with Gasteiger partial charge in [0.25, 0.3) is 0 Å². The highest BCUT2D eigenvalue weighted by Crippen LogP contribution is 2.37. The van der Waals surface area contributed by atoms with Crippen molar-refractivity contribution in [1.29, 1.82) is 0 Å². The number of aromatic hydroxyl groups is 1. The molecule has 4 aromatic rings. The fraction of sp³-hybridized carbons (Fsp3) is 0.333. The summed E-state index contributed by atoms with van der Waals surface area (Å²) in [5, 5.41) is 9.94. The number of halogens is 5. The third-order valence-electron chi connectivity index (χ3n) is 6.15. The molecule has 0 amide bonds. The fourth-order valence-electron chi connectivity index (χ4n) is 4.39. The monoisotopic (exact) mass is 552 g/mol. The molecule has 7 nitrogen and oxygen atoms in total. The average molecular weight is 552 g/mol. The molecule has 2 aromatic carbocycles. The molecule has 208 valence electrons. The average Bonchev–Trinajstić information content (AvgIpc) is 3.14. The molecule has 0 bridgehead atoms. The van der Waals surface area contributed by atoms with E-state index in [1.807, 2.05) is 6.92 Å². The molecule has 0 unspecified atom stereocenters. The summed E-state index contributed by atoms with van der Waals surface area (Å²) in [5.74, 6) is -1.76. The number of fused-ring (bicyclic) bond motifs is 1. The Morgan fingerprint density at radius 1 is 1.00 bits per heavy atom. The number of nitrogens with zero attached hydrogens (tertiary/aromatic N) is 2. The van der Waals surface area contributed by atoms with Gasteiger partial charge in [-0.05, 0) is 49.9 Å². The summed E-state index contributed by atoms with van der Waals surface area (Å²) in [6.45, 7) is 2.18. The van der Waals surface area contributed by atoms with Gasteiger partial charge < -0.3 is 14.3 Å². The van der Waals surface area contributed by atoms with Crippen LogP contribution in [0.2, 0.25) is 0 Å². The van der Waals surface area contributed by atoms with Gasteiger partial charge in [0, 0.05) is 29.6 Å². The molecule has 0 atom stereocenters. The van der Waals surface area contributed by atoms with E-state index in [0.717, 1.165) is 27.5 Å². The molecule has 0 aliphatic heterocycles. The van der Waals surface area contributed by atoms with Crippen LogP contribution in [0.25, 0.3) is 16.7 Å². The number of hydrogen-bond donors (Lipinski definition) is 1. The van der Waals surface area contributed by atoms with Crippen LogP contribution in [-0.2, 0) is 19.1 Å². The number of unbranched alkanes of at least 4 members (excludes halogenated alkanes) is 2. The Labute approximate surface area is 218 Å². The Balaban J connectivity index is 1.40.